The van der Waals surface area contributed by atoms with Crippen molar-refractivity contribution < 1.29 is 4.42 Å². The molecule has 2 N–H and O–H groups in total. The van der Waals surface area contributed by atoms with Gasteiger partial charge in [-0.15, -0.1) is 10.2 Å². The summed E-state index contributed by atoms with van der Waals surface area (Å²) < 4.78 is 6.24. The van der Waals surface area contributed by atoms with Crippen molar-refractivity contribution in [3.05, 3.63) is 63.3 Å². The highest BCUT2D eigenvalue weighted by Crippen LogP contribution is 2.33. The minimum Gasteiger partial charge on any atom is -0.449 e. The Hall–Kier alpha value is -3.13. The molecule has 1 atom stereocenters. The number of para-hydroxylation sites is 1. The van der Waals surface area contributed by atoms with E-state index in [9.17, 15) is 4.79 Å². The molecule has 2 aromatic carbocycles. The van der Waals surface area contributed by atoms with Crippen molar-refractivity contribution in [3.63, 3.8) is 0 Å². The van der Waals surface area contributed by atoms with Gasteiger partial charge in [-0.3, -0.25) is 4.79 Å². The average molecular weight is 422 g/mol. The van der Waals surface area contributed by atoms with Crippen molar-refractivity contribution >= 4 is 28.4 Å². The molecule has 0 spiro atoms. The van der Waals surface area contributed by atoms with Gasteiger partial charge in [-0.05, 0) is 55.5 Å². The predicted molar refractivity (Wildman–Crippen MR) is 120 cm³/mol. The van der Waals surface area contributed by atoms with Gasteiger partial charge in [0.1, 0.15) is 5.58 Å². The van der Waals surface area contributed by atoms with E-state index in [4.69, 9.17) is 4.42 Å². The molecule has 0 radical (unpaired) electrons. The fourth-order valence-corrected chi connectivity index (χ4v) is 4.24. The van der Waals surface area contributed by atoms with E-state index in [1.165, 1.54) is 0 Å². The minimum absolute atomic E-state index is 0.0246. The molecule has 1 unspecified atom stereocenters. The molecule has 7 nitrogen and oxygen atoms in total. The number of benzene rings is 2. The Morgan fingerprint density at radius 1 is 1.23 bits per heavy atom. The average Bonchev–Trinajstić information content (AvgIpc) is 3.27. The molecular weight excluding hydrogens is 398 g/mol. The lowest BCUT2D eigenvalue weighted by molar-refractivity contribution is 0.488. The summed E-state index contributed by atoms with van der Waals surface area (Å²) >= 11 is 1.55. The number of anilines is 1. The summed E-state index contributed by atoms with van der Waals surface area (Å²) in [5, 5.41) is 19.2. The number of hydrogen-bond acceptors (Lipinski definition) is 7. The fourth-order valence-electron chi connectivity index (χ4n) is 3.53. The Kier molecular flexibility index (Phi) is 5.59. The number of fused-ring (bicyclic) bond motifs is 1. The molecule has 0 fully saturated rings. The van der Waals surface area contributed by atoms with Gasteiger partial charge in [0.2, 0.25) is 5.82 Å². The number of H-pyrrole nitrogens is 1. The third kappa shape index (κ3) is 3.70. The summed E-state index contributed by atoms with van der Waals surface area (Å²) in [5.74, 6) is 1.35. The zero-order valence-corrected chi connectivity index (χ0v) is 18.1. The molecule has 154 valence electrons. The van der Waals surface area contributed by atoms with Crippen LogP contribution in [-0.4, -0.2) is 26.4 Å². The van der Waals surface area contributed by atoms with Gasteiger partial charge in [-0.25, -0.2) is 0 Å². The first-order chi connectivity index (χ1) is 14.5. The summed E-state index contributed by atoms with van der Waals surface area (Å²) in [7, 11) is 0. The standard InChI is InChI=1S/C22H23N5O2S/c1-5-30-22-13(3)19(28)17-11-12(2)10-16(20(17)29-22)14(4)23-18-9-7-6-8-15(18)21-24-26-27-25-21/h6-11,14,23H,5H2,1-4H3,(H,24,25,26,27). The molecule has 0 aliphatic rings. The summed E-state index contributed by atoms with van der Waals surface area (Å²) in [6, 6.07) is 11.6. The van der Waals surface area contributed by atoms with E-state index in [1.807, 2.05) is 58.0 Å². The maximum Gasteiger partial charge on any atom is 0.206 e. The Morgan fingerprint density at radius 2 is 2.03 bits per heavy atom. The van der Waals surface area contributed by atoms with E-state index in [1.54, 1.807) is 11.8 Å². The number of nitrogens with zero attached hydrogens (tertiary/aromatic N) is 3. The highest BCUT2D eigenvalue weighted by molar-refractivity contribution is 7.99. The monoisotopic (exact) mass is 421 g/mol. The number of aryl methyl sites for hydroxylation is 1. The van der Waals surface area contributed by atoms with E-state index in [0.29, 0.717) is 27.4 Å². The van der Waals surface area contributed by atoms with Gasteiger partial charge in [-0.2, -0.15) is 5.21 Å². The van der Waals surface area contributed by atoms with Crippen LogP contribution in [0.3, 0.4) is 0 Å². The Labute approximate surface area is 178 Å². The third-order valence-corrected chi connectivity index (χ3v) is 5.92. The molecule has 4 aromatic rings. The topological polar surface area (TPSA) is 96.7 Å². The van der Waals surface area contributed by atoms with Gasteiger partial charge in [0.15, 0.2) is 10.5 Å². The summed E-state index contributed by atoms with van der Waals surface area (Å²) in [4.78, 5) is 13.0. The van der Waals surface area contributed by atoms with E-state index >= 15 is 0 Å². The largest absolute Gasteiger partial charge is 0.449 e. The number of aromatic nitrogens is 4. The van der Waals surface area contributed by atoms with Crippen molar-refractivity contribution in [2.45, 2.75) is 38.8 Å². The summed E-state index contributed by atoms with van der Waals surface area (Å²) in [5.41, 5.74) is 4.98. The van der Waals surface area contributed by atoms with Crippen LogP contribution in [0.4, 0.5) is 5.69 Å². The zero-order valence-electron chi connectivity index (χ0n) is 17.3. The number of hydrogen-bond donors (Lipinski definition) is 2. The second kappa shape index (κ2) is 8.31. The minimum atomic E-state index is -0.120. The van der Waals surface area contributed by atoms with E-state index < -0.39 is 0 Å². The highest BCUT2D eigenvalue weighted by atomic mass is 32.2. The molecule has 4 rings (SSSR count). The smallest absolute Gasteiger partial charge is 0.206 e. The van der Waals surface area contributed by atoms with Crippen LogP contribution in [0, 0.1) is 13.8 Å². The molecule has 0 saturated carbocycles. The summed E-state index contributed by atoms with van der Waals surface area (Å²) in [6.07, 6.45) is 0. The van der Waals surface area contributed by atoms with Gasteiger partial charge >= 0.3 is 0 Å². The SMILES string of the molecule is CCSc1oc2c(C(C)Nc3ccccc3-c3nn[nH]n3)cc(C)cc2c(=O)c1C. The molecule has 8 heteroatoms. The van der Waals surface area contributed by atoms with Crippen LogP contribution in [0.1, 0.15) is 36.6 Å². The van der Waals surface area contributed by atoms with Crippen LogP contribution in [0.15, 0.2) is 50.7 Å². The molecule has 0 aliphatic heterocycles. The van der Waals surface area contributed by atoms with Crippen LogP contribution < -0.4 is 10.7 Å². The molecule has 0 saturated heterocycles. The predicted octanol–water partition coefficient (Wildman–Crippen LogP) is 4.88. The van der Waals surface area contributed by atoms with E-state index in [2.05, 4.69) is 32.0 Å². The maximum atomic E-state index is 13.0. The Bertz CT molecular complexity index is 1250. The number of thioether (sulfide) groups is 1. The number of nitrogens with one attached hydrogen (secondary N) is 2. The normalized spacial score (nSPS) is 12.3. The van der Waals surface area contributed by atoms with Gasteiger partial charge < -0.3 is 9.73 Å². The Balaban J connectivity index is 1.81. The van der Waals surface area contributed by atoms with E-state index in [0.717, 1.165) is 28.1 Å². The number of tetrazole rings is 1. The lowest BCUT2D eigenvalue weighted by atomic mass is 10.00. The highest BCUT2D eigenvalue weighted by Gasteiger charge is 2.19. The molecular formula is C22H23N5O2S. The zero-order chi connectivity index (χ0) is 21.3. The quantitative estimate of drug-likeness (QED) is 0.429. The number of aromatic amines is 1. The van der Waals surface area contributed by atoms with Gasteiger partial charge in [0.05, 0.1) is 11.4 Å². The lowest BCUT2D eigenvalue weighted by Crippen LogP contribution is -2.12. The van der Waals surface area contributed by atoms with Crippen molar-refractivity contribution in [2.75, 3.05) is 11.1 Å². The number of rotatable bonds is 6. The second-order valence-corrected chi connectivity index (χ2v) is 8.39. The van der Waals surface area contributed by atoms with Gasteiger partial charge in [0, 0.05) is 22.4 Å². The first-order valence-electron chi connectivity index (χ1n) is 9.79. The second-order valence-electron chi connectivity index (χ2n) is 7.15. The lowest BCUT2D eigenvalue weighted by Gasteiger charge is -2.20. The third-order valence-electron chi connectivity index (χ3n) is 4.98. The molecule has 30 heavy (non-hydrogen) atoms. The maximum absolute atomic E-state index is 13.0. The first-order valence-corrected chi connectivity index (χ1v) is 10.8. The van der Waals surface area contributed by atoms with Crippen molar-refractivity contribution in [3.8, 4) is 11.4 Å². The fraction of sp³-hybridized carbons (Fsp3) is 0.273. The van der Waals surface area contributed by atoms with Crippen LogP contribution in [0.2, 0.25) is 0 Å². The van der Waals surface area contributed by atoms with E-state index in [-0.39, 0.29) is 11.5 Å². The van der Waals surface area contributed by atoms with Crippen LogP contribution in [0.5, 0.6) is 0 Å². The first kappa shape index (κ1) is 20.2. The summed E-state index contributed by atoms with van der Waals surface area (Å²) in [6.45, 7) is 7.91. The molecule has 0 aliphatic carbocycles. The van der Waals surface area contributed by atoms with Crippen LogP contribution in [-0.2, 0) is 0 Å². The molecule has 2 heterocycles. The van der Waals surface area contributed by atoms with Crippen molar-refractivity contribution in [1.29, 1.82) is 0 Å². The molecule has 2 aromatic heterocycles. The molecule has 0 bridgehead atoms. The molecule has 0 amide bonds. The van der Waals surface area contributed by atoms with Crippen molar-refractivity contribution in [1.82, 2.24) is 20.6 Å². The van der Waals surface area contributed by atoms with Crippen LogP contribution >= 0.6 is 11.8 Å². The Morgan fingerprint density at radius 3 is 2.77 bits per heavy atom. The van der Waals surface area contributed by atoms with Gasteiger partial charge in [-0.1, -0.05) is 36.9 Å². The van der Waals surface area contributed by atoms with Crippen LogP contribution in [0.25, 0.3) is 22.4 Å². The van der Waals surface area contributed by atoms with Gasteiger partial charge in [0.25, 0.3) is 0 Å². The van der Waals surface area contributed by atoms with Crippen molar-refractivity contribution in [2.24, 2.45) is 0 Å².